The highest BCUT2D eigenvalue weighted by atomic mass is 32.1. The Morgan fingerprint density at radius 1 is 1.07 bits per heavy atom. The van der Waals surface area contributed by atoms with Crippen molar-refractivity contribution in [2.24, 2.45) is 13.0 Å². The van der Waals surface area contributed by atoms with E-state index in [-0.39, 0.29) is 14.9 Å². The molecule has 3 nitrogen and oxygen atoms in total. The Balaban J connectivity index is 0.000000492. The van der Waals surface area contributed by atoms with Crippen LogP contribution in [0.25, 0.3) is 17.1 Å². The summed E-state index contributed by atoms with van der Waals surface area (Å²) in [6, 6.07) is 6.53. The molecule has 0 fully saturated rings. The van der Waals surface area contributed by atoms with Gasteiger partial charge in [0, 0.05) is 12.4 Å². The molecule has 0 spiro atoms. The van der Waals surface area contributed by atoms with Crippen molar-refractivity contribution in [3.63, 3.8) is 0 Å². The van der Waals surface area contributed by atoms with Gasteiger partial charge in [0.25, 0.3) is 0 Å². The van der Waals surface area contributed by atoms with Crippen molar-refractivity contribution >= 4 is 28.4 Å². The minimum absolute atomic E-state index is 0. The second kappa shape index (κ2) is 11.2. The van der Waals surface area contributed by atoms with Crippen molar-refractivity contribution in [1.82, 2.24) is 14.5 Å². The van der Waals surface area contributed by atoms with Crippen LogP contribution in [0, 0.1) is 19.8 Å². The van der Waals surface area contributed by atoms with E-state index in [0.29, 0.717) is 11.8 Å². The maximum Gasteiger partial charge on any atom is 0.106 e. The van der Waals surface area contributed by atoms with Crippen LogP contribution >= 0.6 is 11.3 Å². The van der Waals surface area contributed by atoms with Crippen LogP contribution < -0.4 is 0 Å². The zero-order chi connectivity index (χ0) is 19.4. The molecule has 156 valence electrons. The number of rotatable bonds is 3. The number of aromatic nitrogens is 3. The number of fused-ring (bicyclic) bond motifs is 1. The number of thiazole rings is 1. The normalized spacial score (nSPS) is 11.1. The molecule has 0 bridgehead atoms. The smallest absolute Gasteiger partial charge is 0.106 e. The van der Waals surface area contributed by atoms with E-state index < -0.39 is 0 Å². The van der Waals surface area contributed by atoms with Gasteiger partial charge in [-0.1, -0.05) is 54.2 Å². The molecule has 4 heteroatoms. The number of hydrogen-bond acceptors (Lipinski definition) is 3. The topological polar surface area (TPSA) is 30.7 Å². The summed E-state index contributed by atoms with van der Waals surface area (Å²) in [6.07, 6.45) is 2.16. The lowest BCUT2D eigenvalue weighted by molar-refractivity contribution is 0.775. The van der Waals surface area contributed by atoms with Gasteiger partial charge in [0.05, 0.1) is 21.7 Å². The number of imidazole rings is 1. The van der Waals surface area contributed by atoms with Gasteiger partial charge in [0.1, 0.15) is 5.82 Å². The monoisotopic (exact) mass is 401 g/mol. The second-order valence-corrected chi connectivity index (χ2v) is 8.52. The fourth-order valence-electron chi connectivity index (χ4n) is 2.54. The van der Waals surface area contributed by atoms with Gasteiger partial charge in [0.2, 0.25) is 0 Å². The first-order valence-electron chi connectivity index (χ1n) is 9.22. The lowest BCUT2D eigenvalue weighted by atomic mass is 10.0. The zero-order valence-electron chi connectivity index (χ0n) is 17.3. The molecule has 1 aromatic carbocycles. The summed E-state index contributed by atoms with van der Waals surface area (Å²) >= 11 is 1.70. The Labute approximate surface area is 176 Å². The Kier molecular flexibility index (Phi) is 10.4. The van der Waals surface area contributed by atoms with Gasteiger partial charge in [-0.25, -0.2) is 9.97 Å². The molecular formula is C24H39N3S. The fourth-order valence-corrected chi connectivity index (χ4v) is 3.11. The van der Waals surface area contributed by atoms with Gasteiger partial charge in [-0.3, -0.25) is 0 Å². The van der Waals surface area contributed by atoms with E-state index in [1.807, 2.05) is 13.8 Å². The van der Waals surface area contributed by atoms with E-state index in [0.717, 1.165) is 22.0 Å². The van der Waals surface area contributed by atoms with Crippen LogP contribution in [0.5, 0.6) is 0 Å². The summed E-state index contributed by atoms with van der Waals surface area (Å²) in [4.78, 5) is 8.89. The first-order chi connectivity index (χ1) is 12.2. The van der Waals surface area contributed by atoms with Crippen molar-refractivity contribution < 1.29 is 0 Å². The summed E-state index contributed by atoms with van der Waals surface area (Å²) in [5.41, 5.74) is 6.17. The standard InChI is InChI=1S/C12H16N2.C10H15NS.2CH4/c1-8(2)10-5-6-12-11(7-10)13-9(3)14(12)4;1-7(2)8(3)5-10-6-12-9(4)11-10;;/h5-8H,1-4H3;5-7H,1-4H3;2*1H4/b;8-5+;;. The van der Waals surface area contributed by atoms with Gasteiger partial charge in [-0.05, 0) is 56.4 Å². The Bertz CT molecular complexity index is 898. The molecule has 2 aromatic heterocycles. The third-order valence-corrected chi connectivity index (χ3v) is 5.51. The highest BCUT2D eigenvalue weighted by Crippen LogP contribution is 2.21. The molecule has 0 aliphatic rings. The molecule has 0 radical (unpaired) electrons. The van der Waals surface area contributed by atoms with Crippen LogP contribution in [0.3, 0.4) is 0 Å². The minimum atomic E-state index is 0. The van der Waals surface area contributed by atoms with E-state index in [2.05, 4.69) is 85.9 Å². The zero-order valence-corrected chi connectivity index (χ0v) is 18.1. The minimum Gasteiger partial charge on any atom is -0.331 e. The van der Waals surface area contributed by atoms with Gasteiger partial charge >= 0.3 is 0 Å². The molecule has 3 aromatic rings. The number of benzene rings is 1. The van der Waals surface area contributed by atoms with Crippen molar-refractivity contribution in [3.8, 4) is 0 Å². The van der Waals surface area contributed by atoms with Crippen LogP contribution in [0.2, 0.25) is 0 Å². The van der Waals surface area contributed by atoms with Crippen molar-refractivity contribution in [2.45, 2.75) is 69.2 Å². The third-order valence-electron chi connectivity index (χ3n) is 4.72. The largest absolute Gasteiger partial charge is 0.331 e. The van der Waals surface area contributed by atoms with Gasteiger partial charge in [-0.2, -0.15) is 0 Å². The van der Waals surface area contributed by atoms with Crippen LogP contribution in [0.15, 0.2) is 29.2 Å². The molecular weight excluding hydrogens is 362 g/mol. The maximum atomic E-state index is 4.52. The molecule has 0 N–H and O–H groups in total. The molecule has 0 atom stereocenters. The fraction of sp³-hybridized carbons (Fsp3) is 0.500. The second-order valence-electron chi connectivity index (χ2n) is 7.46. The number of allylic oxidation sites excluding steroid dienone is 1. The predicted octanol–water partition coefficient (Wildman–Crippen LogP) is 7.79. The third kappa shape index (κ3) is 6.59. The molecule has 3 rings (SSSR count). The average Bonchev–Trinajstić information content (AvgIpc) is 3.11. The summed E-state index contributed by atoms with van der Waals surface area (Å²) in [7, 11) is 2.06. The average molecular weight is 402 g/mol. The lowest BCUT2D eigenvalue weighted by Crippen LogP contribution is -1.90. The van der Waals surface area contributed by atoms with E-state index >= 15 is 0 Å². The van der Waals surface area contributed by atoms with Crippen molar-refractivity contribution in [2.75, 3.05) is 0 Å². The highest BCUT2D eigenvalue weighted by molar-refractivity contribution is 7.09. The van der Waals surface area contributed by atoms with Crippen molar-refractivity contribution in [1.29, 1.82) is 0 Å². The van der Waals surface area contributed by atoms with Gasteiger partial charge in [0.15, 0.2) is 0 Å². The van der Waals surface area contributed by atoms with Crippen LogP contribution in [-0.2, 0) is 7.05 Å². The summed E-state index contributed by atoms with van der Waals surface area (Å²) in [5, 5.41) is 3.24. The quantitative estimate of drug-likeness (QED) is 0.448. The Morgan fingerprint density at radius 3 is 2.21 bits per heavy atom. The molecule has 0 amide bonds. The van der Waals surface area contributed by atoms with E-state index in [1.165, 1.54) is 16.7 Å². The molecule has 0 aliphatic carbocycles. The SMILES string of the molecule is C.C.C/C(=C\c1csc(C)n1)C(C)C.Cc1nc2cc(C(C)C)ccc2n1C. The van der Waals surface area contributed by atoms with Crippen LogP contribution in [-0.4, -0.2) is 14.5 Å². The van der Waals surface area contributed by atoms with E-state index in [9.17, 15) is 0 Å². The van der Waals surface area contributed by atoms with Crippen LogP contribution in [0.4, 0.5) is 0 Å². The molecule has 0 saturated heterocycles. The first-order valence-corrected chi connectivity index (χ1v) is 10.1. The van der Waals surface area contributed by atoms with E-state index in [4.69, 9.17) is 0 Å². The predicted molar refractivity (Wildman–Crippen MR) is 128 cm³/mol. The molecule has 0 aliphatic heterocycles. The van der Waals surface area contributed by atoms with Crippen molar-refractivity contribution in [3.05, 3.63) is 51.2 Å². The molecule has 0 saturated carbocycles. The Hall–Kier alpha value is -1.94. The molecule has 0 unspecified atom stereocenters. The number of aryl methyl sites for hydroxylation is 3. The molecule has 2 heterocycles. The maximum absolute atomic E-state index is 4.52. The van der Waals surface area contributed by atoms with E-state index in [1.54, 1.807) is 11.3 Å². The van der Waals surface area contributed by atoms with Crippen LogP contribution in [0.1, 0.15) is 77.5 Å². The Morgan fingerprint density at radius 2 is 1.71 bits per heavy atom. The number of hydrogen-bond donors (Lipinski definition) is 0. The molecule has 28 heavy (non-hydrogen) atoms. The summed E-state index contributed by atoms with van der Waals surface area (Å²) in [6.45, 7) is 15.0. The first kappa shape index (κ1) is 26.1. The number of nitrogens with zero attached hydrogens (tertiary/aromatic N) is 3. The van der Waals surface area contributed by atoms with Gasteiger partial charge in [-0.15, -0.1) is 11.3 Å². The summed E-state index contributed by atoms with van der Waals surface area (Å²) < 4.78 is 2.12. The summed E-state index contributed by atoms with van der Waals surface area (Å²) in [5.74, 6) is 2.26. The highest BCUT2D eigenvalue weighted by Gasteiger charge is 2.06. The van der Waals surface area contributed by atoms with Gasteiger partial charge < -0.3 is 4.57 Å². The lowest BCUT2D eigenvalue weighted by Gasteiger charge is -2.04.